The molecule has 0 unspecified atom stereocenters. The SMILES string of the molecule is CC(=O)N1C(=O)/C(=C(\NC2CCCCC2)c2ccccc2)c2ccc([N+](=O)[O-])cc21. The van der Waals surface area contributed by atoms with Crippen molar-refractivity contribution in [2.75, 3.05) is 4.90 Å². The molecule has 1 fully saturated rings. The molecule has 4 rings (SSSR count). The van der Waals surface area contributed by atoms with Crippen LogP contribution in [0.25, 0.3) is 11.3 Å². The molecular formula is C23H23N3O4. The van der Waals surface area contributed by atoms with Crippen LogP contribution in [0.1, 0.15) is 50.2 Å². The van der Waals surface area contributed by atoms with E-state index in [1.807, 2.05) is 30.3 Å². The maximum Gasteiger partial charge on any atom is 0.271 e. The molecule has 7 nitrogen and oxygen atoms in total. The Morgan fingerprint density at radius 1 is 1.10 bits per heavy atom. The fourth-order valence-electron chi connectivity index (χ4n) is 4.28. The number of anilines is 1. The van der Waals surface area contributed by atoms with Crippen LogP contribution in [0.3, 0.4) is 0 Å². The van der Waals surface area contributed by atoms with Crippen molar-refractivity contribution in [3.8, 4) is 0 Å². The highest BCUT2D eigenvalue weighted by Gasteiger charge is 2.39. The van der Waals surface area contributed by atoms with Crippen molar-refractivity contribution in [1.82, 2.24) is 5.32 Å². The quantitative estimate of drug-likeness (QED) is 0.466. The number of fused-ring (bicyclic) bond motifs is 1. The molecular weight excluding hydrogens is 382 g/mol. The van der Waals surface area contributed by atoms with Crippen molar-refractivity contribution in [2.45, 2.75) is 45.1 Å². The molecule has 0 atom stereocenters. The Balaban J connectivity index is 1.91. The number of carbonyl (C=O) groups excluding carboxylic acids is 2. The molecule has 30 heavy (non-hydrogen) atoms. The standard InChI is InChI=1S/C23H23N3O4/c1-15(27)25-20-14-18(26(29)30)12-13-19(20)21(23(25)28)22(16-8-4-2-5-9-16)24-17-10-6-3-7-11-17/h2,4-5,8-9,12-14,17,24H,3,6-7,10-11H2,1H3/b22-21-. The second kappa shape index (κ2) is 8.10. The molecule has 1 heterocycles. The molecule has 0 spiro atoms. The van der Waals surface area contributed by atoms with Gasteiger partial charge in [0, 0.05) is 30.7 Å². The molecule has 2 aliphatic rings. The van der Waals surface area contributed by atoms with E-state index in [1.165, 1.54) is 25.5 Å². The monoisotopic (exact) mass is 405 g/mol. The summed E-state index contributed by atoms with van der Waals surface area (Å²) in [6.45, 7) is 1.29. The predicted octanol–water partition coefficient (Wildman–Crippen LogP) is 4.28. The van der Waals surface area contributed by atoms with Crippen LogP contribution in [-0.2, 0) is 9.59 Å². The number of imide groups is 1. The van der Waals surface area contributed by atoms with Gasteiger partial charge in [-0.1, -0.05) is 49.6 Å². The van der Waals surface area contributed by atoms with Crippen LogP contribution in [0.15, 0.2) is 48.5 Å². The van der Waals surface area contributed by atoms with Gasteiger partial charge in [0.25, 0.3) is 11.6 Å². The first-order valence-electron chi connectivity index (χ1n) is 10.2. The van der Waals surface area contributed by atoms with Gasteiger partial charge in [0.05, 0.1) is 21.9 Å². The molecule has 2 amide bonds. The Bertz CT molecular complexity index is 1040. The highest BCUT2D eigenvalue weighted by Crippen LogP contribution is 2.42. The van der Waals surface area contributed by atoms with Gasteiger partial charge in [-0.05, 0) is 24.5 Å². The minimum absolute atomic E-state index is 0.157. The zero-order valence-corrected chi connectivity index (χ0v) is 16.8. The van der Waals surface area contributed by atoms with Gasteiger partial charge < -0.3 is 5.32 Å². The van der Waals surface area contributed by atoms with Gasteiger partial charge in [0.15, 0.2) is 0 Å². The van der Waals surface area contributed by atoms with E-state index in [1.54, 1.807) is 6.07 Å². The van der Waals surface area contributed by atoms with Gasteiger partial charge in [-0.25, -0.2) is 4.90 Å². The number of hydrogen-bond acceptors (Lipinski definition) is 5. The molecule has 1 N–H and O–H groups in total. The molecule has 0 bridgehead atoms. The second-order valence-electron chi connectivity index (χ2n) is 7.71. The minimum Gasteiger partial charge on any atom is -0.381 e. The highest BCUT2D eigenvalue weighted by molar-refractivity contribution is 6.43. The summed E-state index contributed by atoms with van der Waals surface area (Å²) in [6, 6.07) is 14.0. The number of benzene rings is 2. The summed E-state index contributed by atoms with van der Waals surface area (Å²) < 4.78 is 0. The van der Waals surface area contributed by atoms with Gasteiger partial charge in [-0.2, -0.15) is 0 Å². The lowest BCUT2D eigenvalue weighted by Gasteiger charge is -2.26. The summed E-state index contributed by atoms with van der Waals surface area (Å²) >= 11 is 0. The normalized spacial score (nSPS) is 18.2. The van der Waals surface area contributed by atoms with Crippen molar-refractivity contribution in [3.63, 3.8) is 0 Å². The number of nitrogens with zero attached hydrogens (tertiary/aromatic N) is 2. The third kappa shape index (κ3) is 3.58. The van der Waals surface area contributed by atoms with Gasteiger partial charge >= 0.3 is 0 Å². The Hall–Kier alpha value is -3.48. The van der Waals surface area contributed by atoms with Crippen LogP contribution in [0.4, 0.5) is 11.4 Å². The van der Waals surface area contributed by atoms with Crippen LogP contribution in [0, 0.1) is 10.1 Å². The van der Waals surface area contributed by atoms with Crippen molar-refractivity contribution in [3.05, 3.63) is 69.8 Å². The van der Waals surface area contributed by atoms with Crippen LogP contribution >= 0.6 is 0 Å². The highest BCUT2D eigenvalue weighted by atomic mass is 16.6. The third-order valence-corrected chi connectivity index (χ3v) is 5.70. The summed E-state index contributed by atoms with van der Waals surface area (Å²) in [5, 5.41) is 14.8. The Labute approximate surface area is 174 Å². The molecule has 1 aliphatic carbocycles. The summed E-state index contributed by atoms with van der Waals surface area (Å²) in [6.07, 6.45) is 5.50. The maximum absolute atomic E-state index is 13.4. The smallest absolute Gasteiger partial charge is 0.271 e. The molecule has 1 aliphatic heterocycles. The summed E-state index contributed by atoms with van der Waals surface area (Å²) in [5.41, 5.74) is 2.54. The Kier molecular flexibility index (Phi) is 5.35. The largest absolute Gasteiger partial charge is 0.381 e. The first kappa shape index (κ1) is 19.8. The number of nitrogens with one attached hydrogen (secondary N) is 1. The van der Waals surface area contributed by atoms with E-state index in [9.17, 15) is 19.7 Å². The molecule has 0 aromatic heterocycles. The number of rotatable bonds is 4. The average molecular weight is 405 g/mol. The fraction of sp³-hybridized carbons (Fsp3) is 0.304. The molecule has 0 radical (unpaired) electrons. The zero-order valence-electron chi connectivity index (χ0n) is 16.8. The van der Waals surface area contributed by atoms with E-state index in [0.717, 1.165) is 36.1 Å². The van der Waals surface area contributed by atoms with Crippen LogP contribution in [-0.4, -0.2) is 22.8 Å². The lowest BCUT2D eigenvalue weighted by molar-refractivity contribution is -0.384. The molecule has 154 valence electrons. The first-order valence-corrected chi connectivity index (χ1v) is 10.2. The van der Waals surface area contributed by atoms with Gasteiger partial charge in [-0.3, -0.25) is 19.7 Å². The predicted molar refractivity (Wildman–Crippen MR) is 115 cm³/mol. The van der Waals surface area contributed by atoms with Gasteiger partial charge in [0.1, 0.15) is 0 Å². The zero-order chi connectivity index (χ0) is 21.3. The van der Waals surface area contributed by atoms with Crippen molar-refractivity contribution in [1.29, 1.82) is 0 Å². The van der Waals surface area contributed by atoms with E-state index in [0.29, 0.717) is 16.8 Å². The summed E-state index contributed by atoms with van der Waals surface area (Å²) in [5.74, 6) is -0.929. The number of non-ortho nitro benzene ring substituents is 1. The van der Waals surface area contributed by atoms with Crippen molar-refractivity contribution >= 4 is 34.5 Å². The fourth-order valence-corrected chi connectivity index (χ4v) is 4.28. The number of nitro benzene ring substituents is 1. The number of hydrogen-bond donors (Lipinski definition) is 1. The first-order chi connectivity index (χ1) is 14.5. The van der Waals surface area contributed by atoms with Gasteiger partial charge in [-0.15, -0.1) is 0 Å². The number of carbonyl (C=O) groups is 2. The van der Waals surface area contributed by atoms with Crippen molar-refractivity contribution in [2.24, 2.45) is 0 Å². The maximum atomic E-state index is 13.4. The van der Waals surface area contributed by atoms with Crippen LogP contribution < -0.4 is 10.2 Å². The van der Waals surface area contributed by atoms with E-state index in [4.69, 9.17) is 0 Å². The molecule has 2 aromatic carbocycles. The lowest BCUT2D eigenvalue weighted by atomic mass is 9.93. The molecule has 2 aromatic rings. The lowest BCUT2D eigenvalue weighted by Crippen LogP contribution is -2.34. The molecule has 1 saturated carbocycles. The van der Waals surface area contributed by atoms with Crippen LogP contribution in [0.2, 0.25) is 0 Å². The van der Waals surface area contributed by atoms with Crippen molar-refractivity contribution < 1.29 is 14.5 Å². The van der Waals surface area contributed by atoms with Gasteiger partial charge in [0.2, 0.25) is 5.91 Å². The second-order valence-corrected chi connectivity index (χ2v) is 7.71. The van der Waals surface area contributed by atoms with Crippen LogP contribution in [0.5, 0.6) is 0 Å². The van der Waals surface area contributed by atoms with E-state index in [-0.39, 0.29) is 17.4 Å². The topological polar surface area (TPSA) is 92.6 Å². The minimum atomic E-state index is -0.525. The van der Waals surface area contributed by atoms with E-state index in [2.05, 4.69) is 5.32 Å². The van der Waals surface area contributed by atoms with E-state index >= 15 is 0 Å². The molecule has 7 heteroatoms. The number of amides is 2. The Morgan fingerprint density at radius 2 is 1.80 bits per heavy atom. The van der Waals surface area contributed by atoms with E-state index < -0.39 is 16.7 Å². The molecule has 0 saturated heterocycles. The Morgan fingerprint density at radius 3 is 2.43 bits per heavy atom. The summed E-state index contributed by atoms with van der Waals surface area (Å²) in [4.78, 5) is 37.4. The third-order valence-electron chi connectivity index (χ3n) is 5.70. The summed E-state index contributed by atoms with van der Waals surface area (Å²) in [7, 11) is 0. The average Bonchev–Trinajstić information content (AvgIpc) is 3.04. The number of nitro groups is 1.